The van der Waals surface area contributed by atoms with E-state index in [2.05, 4.69) is 17.7 Å². The van der Waals surface area contributed by atoms with Crippen LogP contribution in [0.3, 0.4) is 0 Å². The minimum absolute atomic E-state index is 0.450. The summed E-state index contributed by atoms with van der Waals surface area (Å²) in [5.41, 5.74) is 0. The molecule has 0 aromatic carbocycles. The fourth-order valence-corrected chi connectivity index (χ4v) is 4.16. The second-order valence-corrected chi connectivity index (χ2v) is 6.42. The standard InChI is InChI=1S/C14H22ClNS/c1-16-13(14-12(15)8-9-17-14)10-11-6-4-2-3-5-7-11/h8-9,11,13,16H,2-7,10H2,1H3. The van der Waals surface area contributed by atoms with Crippen LogP contribution in [0.1, 0.15) is 55.9 Å². The van der Waals surface area contributed by atoms with Crippen molar-refractivity contribution in [3.63, 3.8) is 0 Å². The topological polar surface area (TPSA) is 12.0 Å². The van der Waals surface area contributed by atoms with E-state index in [1.165, 1.54) is 49.8 Å². The van der Waals surface area contributed by atoms with Crippen LogP contribution in [0.4, 0.5) is 0 Å². The summed E-state index contributed by atoms with van der Waals surface area (Å²) in [6, 6.07) is 2.46. The summed E-state index contributed by atoms with van der Waals surface area (Å²) < 4.78 is 0. The third kappa shape index (κ3) is 3.70. The molecule has 0 aliphatic heterocycles. The van der Waals surface area contributed by atoms with Gasteiger partial charge in [-0.25, -0.2) is 0 Å². The van der Waals surface area contributed by atoms with Crippen LogP contribution < -0.4 is 5.32 Å². The van der Waals surface area contributed by atoms with Crippen LogP contribution in [0.15, 0.2) is 11.4 Å². The minimum Gasteiger partial charge on any atom is -0.312 e. The molecule has 0 saturated heterocycles. The lowest BCUT2D eigenvalue weighted by Crippen LogP contribution is -2.19. The first-order chi connectivity index (χ1) is 8.31. The zero-order chi connectivity index (χ0) is 12.1. The lowest BCUT2D eigenvalue weighted by Gasteiger charge is -2.21. The molecule has 1 unspecified atom stereocenters. The molecular weight excluding hydrogens is 250 g/mol. The number of nitrogens with one attached hydrogen (secondary N) is 1. The Morgan fingerprint density at radius 1 is 1.35 bits per heavy atom. The zero-order valence-corrected chi connectivity index (χ0v) is 12.1. The average Bonchev–Trinajstić information content (AvgIpc) is 2.62. The normalized spacial score (nSPS) is 20.1. The Balaban J connectivity index is 1.97. The number of hydrogen-bond acceptors (Lipinski definition) is 2. The van der Waals surface area contributed by atoms with Crippen molar-refractivity contribution in [2.24, 2.45) is 5.92 Å². The predicted octanol–water partition coefficient (Wildman–Crippen LogP) is 5.02. The van der Waals surface area contributed by atoms with Gasteiger partial charge in [-0.05, 0) is 30.8 Å². The predicted molar refractivity (Wildman–Crippen MR) is 76.9 cm³/mol. The molecule has 1 aromatic heterocycles. The molecule has 1 aliphatic rings. The smallest absolute Gasteiger partial charge is 0.0561 e. The molecule has 1 atom stereocenters. The van der Waals surface area contributed by atoms with E-state index in [4.69, 9.17) is 11.6 Å². The van der Waals surface area contributed by atoms with E-state index in [1.54, 1.807) is 11.3 Å². The summed E-state index contributed by atoms with van der Waals surface area (Å²) in [5.74, 6) is 0.883. The first-order valence-electron chi connectivity index (χ1n) is 6.71. The Hall–Kier alpha value is -0.0500. The lowest BCUT2D eigenvalue weighted by molar-refractivity contribution is 0.371. The van der Waals surface area contributed by atoms with Gasteiger partial charge < -0.3 is 5.32 Å². The summed E-state index contributed by atoms with van der Waals surface area (Å²) in [7, 11) is 2.05. The maximum atomic E-state index is 6.23. The molecule has 1 fully saturated rings. The van der Waals surface area contributed by atoms with Gasteiger partial charge in [0, 0.05) is 10.9 Å². The van der Waals surface area contributed by atoms with Gasteiger partial charge in [-0.2, -0.15) is 0 Å². The van der Waals surface area contributed by atoms with E-state index in [-0.39, 0.29) is 0 Å². The van der Waals surface area contributed by atoms with Crippen molar-refractivity contribution in [2.75, 3.05) is 7.05 Å². The molecule has 1 heterocycles. The second-order valence-electron chi connectivity index (χ2n) is 5.07. The number of hydrogen-bond donors (Lipinski definition) is 1. The molecule has 17 heavy (non-hydrogen) atoms. The molecule has 3 heteroatoms. The van der Waals surface area contributed by atoms with E-state index in [0.29, 0.717) is 6.04 Å². The summed E-state index contributed by atoms with van der Waals surface area (Å²) in [6.45, 7) is 0. The number of thiophene rings is 1. The van der Waals surface area contributed by atoms with Gasteiger partial charge in [0.1, 0.15) is 0 Å². The summed E-state index contributed by atoms with van der Waals surface area (Å²) in [6.07, 6.45) is 9.75. The molecule has 1 saturated carbocycles. The highest BCUT2D eigenvalue weighted by Crippen LogP contribution is 2.35. The number of rotatable bonds is 4. The largest absolute Gasteiger partial charge is 0.312 e. The van der Waals surface area contributed by atoms with Crippen LogP contribution in [-0.2, 0) is 0 Å². The highest BCUT2D eigenvalue weighted by molar-refractivity contribution is 7.10. The van der Waals surface area contributed by atoms with E-state index < -0.39 is 0 Å². The fourth-order valence-electron chi connectivity index (χ4n) is 2.84. The lowest BCUT2D eigenvalue weighted by atomic mass is 9.92. The molecule has 96 valence electrons. The first-order valence-corrected chi connectivity index (χ1v) is 7.97. The van der Waals surface area contributed by atoms with E-state index >= 15 is 0 Å². The SMILES string of the molecule is CNC(CC1CCCCCC1)c1sccc1Cl. The van der Waals surface area contributed by atoms with Crippen molar-refractivity contribution in [1.29, 1.82) is 0 Å². The third-order valence-corrected chi connectivity index (χ3v) is 5.33. The van der Waals surface area contributed by atoms with Crippen LogP contribution in [-0.4, -0.2) is 7.05 Å². The fraction of sp³-hybridized carbons (Fsp3) is 0.714. The maximum absolute atomic E-state index is 6.23. The summed E-state index contributed by atoms with van der Waals surface area (Å²) in [5, 5.41) is 6.46. The van der Waals surface area contributed by atoms with Gasteiger partial charge in [0.15, 0.2) is 0 Å². The van der Waals surface area contributed by atoms with Crippen molar-refractivity contribution in [2.45, 2.75) is 51.0 Å². The minimum atomic E-state index is 0.450. The van der Waals surface area contributed by atoms with Crippen LogP contribution in [0.25, 0.3) is 0 Å². The van der Waals surface area contributed by atoms with Crippen molar-refractivity contribution < 1.29 is 0 Å². The molecule has 1 aromatic rings. The molecule has 1 N–H and O–H groups in total. The van der Waals surface area contributed by atoms with Gasteiger partial charge in [-0.15, -0.1) is 11.3 Å². The third-order valence-electron chi connectivity index (χ3n) is 3.85. The first kappa shape index (κ1) is 13.4. The van der Waals surface area contributed by atoms with Crippen molar-refractivity contribution in [3.05, 3.63) is 21.3 Å². The maximum Gasteiger partial charge on any atom is 0.0561 e. The highest BCUT2D eigenvalue weighted by atomic mass is 35.5. The Labute approximate surface area is 114 Å². The van der Waals surface area contributed by atoms with Gasteiger partial charge in [0.05, 0.1) is 5.02 Å². The van der Waals surface area contributed by atoms with Gasteiger partial charge in [-0.1, -0.05) is 50.1 Å². The molecule has 1 nitrogen and oxygen atoms in total. The van der Waals surface area contributed by atoms with E-state index in [0.717, 1.165) is 10.9 Å². The van der Waals surface area contributed by atoms with Gasteiger partial charge in [0.2, 0.25) is 0 Å². The Morgan fingerprint density at radius 3 is 2.59 bits per heavy atom. The monoisotopic (exact) mass is 271 g/mol. The van der Waals surface area contributed by atoms with Gasteiger partial charge >= 0.3 is 0 Å². The summed E-state index contributed by atoms with van der Waals surface area (Å²) >= 11 is 8.02. The Kier molecular flexibility index (Phi) is 5.33. The molecule has 0 amide bonds. The van der Waals surface area contributed by atoms with E-state index in [1.807, 2.05) is 6.07 Å². The van der Waals surface area contributed by atoms with Crippen LogP contribution in [0.5, 0.6) is 0 Å². The van der Waals surface area contributed by atoms with Crippen LogP contribution in [0, 0.1) is 5.92 Å². The second kappa shape index (κ2) is 6.77. The molecule has 0 bridgehead atoms. The highest BCUT2D eigenvalue weighted by Gasteiger charge is 2.20. The zero-order valence-electron chi connectivity index (χ0n) is 10.5. The van der Waals surface area contributed by atoms with Crippen molar-refractivity contribution in [1.82, 2.24) is 5.32 Å². The molecule has 0 spiro atoms. The van der Waals surface area contributed by atoms with Crippen molar-refractivity contribution >= 4 is 22.9 Å². The quantitative estimate of drug-likeness (QED) is 0.758. The summed E-state index contributed by atoms with van der Waals surface area (Å²) in [4.78, 5) is 1.32. The van der Waals surface area contributed by atoms with Gasteiger partial charge in [0.25, 0.3) is 0 Å². The van der Waals surface area contributed by atoms with Gasteiger partial charge in [-0.3, -0.25) is 0 Å². The average molecular weight is 272 g/mol. The Morgan fingerprint density at radius 2 is 2.06 bits per heavy atom. The number of halogens is 1. The van der Waals surface area contributed by atoms with Crippen molar-refractivity contribution in [3.8, 4) is 0 Å². The molecular formula is C14H22ClNS. The van der Waals surface area contributed by atoms with Crippen LogP contribution in [0.2, 0.25) is 5.02 Å². The molecule has 1 aliphatic carbocycles. The van der Waals surface area contributed by atoms with E-state index in [9.17, 15) is 0 Å². The van der Waals surface area contributed by atoms with Crippen LogP contribution >= 0.6 is 22.9 Å². The Bertz CT molecular complexity index is 329. The molecule has 0 radical (unpaired) electrons. The molecule has 2 rings (SSSR count).